The van der Waals surface area contributed by atoms with Crippen LogP contribution < -0.4 is 5.32 Å². The van der Waals surface area contributed by atoms with Gasteiger partial charge in [-0.1, -0.05) is 12.8 Å². The molecule has 138 valence electrons. The third kappa shape index (κ3) is 4.93. The average molecular weight is 341 g/mol. The van der Waals surface area contributed by atoms with E-state index >= 15 is 0 Å². The lowest BCUT2D eigenvalue weighted by Crippen LogP contribution is -2.45. The molecule has 0 aromatic rings. The lowest BCUT2D eigenvalue weighted by molar-refractivity contribution is -0.145. The molecule has 6 heteroatoms. The van der Waals surface area contributed by atoms with Crippen LogP contribution in [0.3, 0.4) is 0 Å². The minimum absolute atomic E-state index is 0.0120. The molecule has 1 aliphatic carbocycles. The van der Waals surface area contributed by atoms with Crippen LogP contribution in [0.25, 0.3) is 0 Å². The molecule has 24 heavy (non-hydrogen) atoms. The van der Waals surface area contributed by atoms with Crippen LogP contribution in [0.1, 0.15) is 51.9 Å². The van der Waals surface area contributed by atoms with Crippen molar-refractivity contribution in [1.82, 2.24) is 5.32 Å². The Morgan fingerprint density at radius 3 is 2.54 bits per heavy atom. The van der Waals surface area contributed by atoms with Gasteiger partial charge < -0.3 is 19.9 Å². The monoisotopic (exact) mass is 341 g/mol. The Morgan fingerprint density at radius 1 is 1.29 bits per heavy atom. The Labute approximate surface area is 144 Å². The average Bonchev–Trinajstić information content (AvgIpc) is 3.06. The minimum Gasteiger partial charge on any atom is -0.481 e. The van der Waals surface area contributed by atoms with Gasteiger partial charge in [0.05, 0.1) is 11.3 Å². The third-order valence-corrected chi connectivity index (χ3v) is 5.61. The van der Waals surface area contributed by atoms with Crippen molar-refractivity contribution in [3.05, 3.63) is 0 Å². The summed E-state index contributed by atoms with van der Waals surface area (Å²) in [5.41, 5.74) is -0.367. The van der Waals surface area contributed by atoms with E-state index in [1.807, 2.05) is 6.92 Å². The highest BCUT2D eigenvalue weighted by atomic mass is 16.5. The van der Waals surface area contributed by atoms with E-state index < -0.39 is 11.9 Å². The second-order valence-electron chi connectivity index (χ2n) is 7.04. The molecule has 0 bridgehead atoms. The first-order valence-corrected chi connectivity index (χ1v) is 9.25. The van der Waals surface area contributed by atoms with Crippen LogP contribution in [0, 0.1) is 17.3 Å². The molecule has 1 atom stereocenters. The van der Waals surface area contributed by atoms with E-state index in [9.17, 15) is 14.7 Å². The molecule has 2 rings (SSSR count). The zero-order chi connectivity index (χ0) is 17.4. The molecular weight excluding hydrogens is 310 g/mol. The van der Waals surface area contributed by atoms with Crippen LogP contribution in [0.5, 0.6) is 0 Å². The maximum Gasteiger partial charge on any atom is 0.308 e. The fraction of sp³-hybridized carbons (Fsp3) is 0.889. The van der Waals surface area contributed by atoms with Gasteiger partial charge in [0.1, 0.15) is 0 Å². The van der Waals surface area contributed by atoms with Gasteiger partial charge in [-0.2, -0.15) is 0 Å². The smallest absolute Gasteiger partial charge is 0.308 e. The zero-order valence-corrected chi connectivity index (χ0v) is 14.7. The first-order valence-electron chi connectivity index (χ1n) is 9.25. The summed E-state index contributed by atoms with van der Waals surface area (Å²) >= 11 is 0. The molecular formula is C18H31NO5. The normalized spacial score (nSPS) is 22.2. The van der Waals surface area contributed by atoms with E-state index in [2.05, 4.69) is 5.32 Å². The molecule has 1 heterocycles. The predicted molar refractivity (Wildman–Crippen MR) is 89.7 cm³/mol. The number of amides is 1. The molecule has 2 fully saturated rings. The van der Waals surface area contributed by atoms with Crippen molar-refractivity contribution in [2.24, 2.45) is 17.3 Å². The van der Waals surface area contributed by atoms with Gasteiger partial charge in [-0.15, -0.1) is 0 Å². The molecule has 1 saturated heterocycles. The van der Waals surface area contributed by atoms with E-state index in [0.717, 1.165) is 44.9 Å². The maximum atomic E-state index is 12.8. The van der Waals surface area contributed by atoms with Crippen molar-refractivity contribution in [1.29, 1.82) is 0 Å². The Bertz CT molecular complexity index is 414. The Balaban J connectivity index is 1.91. The fourth-order valence-corrected chi connectivity index (χ4v) is 4.02. The number of carboxylic acids is 1. The van der Waals surface area contributed by atoms with E-state index in [1.165, 1.54) is 0 Å². The van der Waals surface area contributed by atoms with Crippen LogP contribution in [0.15, 0.2) is 0 Å². The molecule has 6 nitrogen and oxygen atoms in total. The van der Waals surface area contributed by atoms with Crippen LogP contribution in [0.2, 0.25) is 0 Å². The lowest BCUT2D eigenvalue weighted by Gasteiger charge is -2.31. The molecule has 2 N–H and O–H groups in total. The minimum atomic E-state index is -0.822. The van der Waals surface area contributed by atoms with Gasteiger partial charge in [-0.25, -0.2) is 0 Å². The van der Waals surface area contributed by atoms with Crippen molar-refractivity contribution >= 4 is 11.9 Å². The molecule has 2 aliphatic rings. The van der Waals surface area contributed by atoms with Gasteiger partial charge in [-0.05, 0) is 44.9 Å². The van der Waals surface area contributed by atoms with Gasteiger partial charge in [0, 0.05) is 33.0 Å². The number of rotatable bonds is 9. The summed E-state index contributed by atoms with van der Waals surface area (Å²) in [6.07, 6.45) is 6.10. The van der Waals surface area contributed by atoms with E-state index in [4.69, 9.17) is 9.47 Å². The number of carbonyl (C=O) groups is 2. The van der Waals surface area contributed by atoms with Crippen LogP contribution >= 0.6 is 0 Å². The van der Waals surface area contributed by atoms with Crippen molar-refractivity contribution < 1.29 is 24.2 Å². The molecule has 1 unspecified atom stereocenters. The molecule has 0 spiro atoms. The highest BCUT2D eigenvalue weighted by molar-refractivity contribution is 5.83. The van der Waals surface area contributed by atoms with Gasteiger partial charge in [0.2, 0.25) is 5.91 Å². The summed E-state index contributed by atoms with van der Waals surface area (Å²) in [7, 11) is 0. The van der Waals surface area contributed by atoms with Gasteiger partial charge in [0.15, 0.2) is 0 Å². The molecule has 1 saturated carbocycles. The highest BCUT2D eigenvalue weighted by Gasteiger charge is 2.41. The van der Waals surface area contributed by atoms with Gasteiger partial charge in [-0.3, -0.25) is 9.59 Å². The zero-order valence-electron chi connectivity index (χ0n) is 14.7. The summed E-state index contributed by atoms with van der Waals surface area (Å²) in [4.78, 5) is 24.4. The third-order valence-electron chi connectivity index (χ3n) is 5.61. The number of hydrogen-bond donors (Lipinski definition) is 2. The number of nitrogens with one attached hydrogen (secondary N) is 1. The van der Waals surface area contributed by atoms with Gasteiger partial charge in [0.25, 0.3) is 0 Å². The largest absolute Gasteiger partial charge is 0.481 e. The Kier molecular flexibility index (Phi) is 7.49. The van der Waals surface area contributed by atoms with E-state index in [-0.39, 0.29) is 23.8 Å². The summed E-state index contributed by atoms with van der Waals surface area (Å²) < 4.78 is 10.8. The number of carboxylic acid groups (broad SMARTS) is 1. The van der Waals surface area contributed by atoms with E-state index in [1.54, 1.807) is 0 Å². The lowest BCUT2D eigenvalue weighted by atomic mass is 9.81. The Hall–Kier alpha value is -1.14. The quantitative estimate of drug-likeness (QED) is 0.628. The Morgan fingerprint density at radius 2 is 1.96 bits per heavy atom. The first kappa shape index (κ1) is 19.2. The summed E-state index contributed by atoms with van der Waals surface area (Å²) in [6, 6.07) is 0. The molecule has 0 aromatic carbocycles. The fourth-order valence-electron chi connectivity index (χ4n) is 4.02. The van der Waals surface area contributed by atoms with Gasteiger partial charge >= 0.3 is 5.97 Å². The first-order chi connectivity index (χ1) is 11.6. The number of hydrogen-bond acceptors (Lipinski definition) is 4. The van der Waals surface area contributed by atoms with Crippen molar-refractivity contribution in [2.75, 3.05) is 33.0 Å². The van der Waals surface area contributed by atoms with Crippen LogP contribution in [0.4, 0.5) is 0 Å². The standard InChI is InChI=1S/C18H31NO5/c1-2-23-12-9-18(7-3-4-8-18)17(22)19-13-15(16(20)21)14-5-10-24-11-6-14/h14-15H,2-13H2,1H3,(H,19,22)(H,20,21). The highest BCUT2D eigenvalue weighted by Crippen LogP contribution is 2.41. The second kappa shape index (κ2) is 9.37. The molecule has 1 aliphatic heterocycles. The summed E-state index contributed by atoms with van der Waals surface area (Å²) in [5.74, 6) is -1.25. The topological polar surface area (TPSA) is 84.9 Å². The summed E-state index contributed by atoms with van der Waals surface area (Å²) in [5, 5.41) is 12.5. The van der Waals surface area contributed by atoms with E-state index in [0.29, 0.717) is 26.4 Å². The molecule has 0 radical (unpaired) electrons. The maximum absolute atomic E-state index is 12.8. The van der Waals surface area contributed by atoms with Crippen molar-refractivity contribution in [2.45, 2.75) is 51.9 Å². The molecule has 0 aromatic heterocycles. The van der Waals surface area contributed by atoms with Crippen molar-refractivity contribution in [3.63, 3.8) is 0 Å². The van der Waals surface area contributed by atoms with Crippen molar-refractivity contribution in [3.8, 4) is 0 Å². The second-order valence-corrected chi connectivity index (χ2v) is 7.04. The molecule has 1 amide bonds. The number of aliphatic carboxylic acids is 1. The SMILES string of the molecule is CCOCCC1(C(=O)NCC(C(=O)O)C2CCOCC2)CCCC1. The number of ether oxygens (including phenoxy) is 2. The summed E-state index contributed by atoms with van der Waals surface area (Å²) in [6.45, 7) is 4.64. The number of carbonyl (C=O) groups excluding carboxylic acids is 1. The van der Waals surface area contributed by atoms with Crippen LogP contribution in [-0.4, -0.2) is 50.0 Å². The predicted octanol–water partition coefficient (Wildman–Crippen LogP) is 2.22. The van der Waals surface area contributed by atoms with Crippen LogP contribution in [-0.2, 0) is 19.1 Å².